The van der Waals surface area contributed by atoms with Gasteiger partial charge in [-0.05, 0) is 18.6 Å². The van der Waals surface area contributed by atoms with Gasteiger partial charge in [0.1, 0.15) is 0 Å². The van der Waals surface area contributed by atoms with Crippen molar-refractivity contribution in [3.63, 3.8) is 0 Å². The van der Waals surface area contributed by atoms with Gasteiger partial charge in [-0.25, -0.2) is 8.42 Å². The van der Waals surface area contributed by atoms with Gasteiger partial charge in [0, 0.05) is 29.9 Å². The number of carbonyl (C=O) groups excluding carboxylic acids is 1. The van der Waals surface area contributed by atoms with Gasteiger partial charge in [-0.15, -0.1) is 0 Å². The Balaban J connectivity index is 1.86. The molecule has 2 aromatic rings. The number of aromatic nitrogens is 2. The molecule has 0 saturated carbocycles. The summed E-state index contributed by atoms with van der Waals surface area (Å²) in [6.45, 7) is 2.83. The predicted molar refractivity (Wildman–Crippen MR) is 96.2 cm³/mol. The molecule has 134 valence electrons. The molecule has 0 aliphatic carbocycles. The maximum absolute atomic E-state index is 12.8. The van der Waals surface area contributed by atoms with Gasteiger partial charge in [-0.3, -0.25) is 9.48 Å². The van der Waals surface area contributed by atoms with Gasteiger partial charge in [0.15, 0.2) is 9.84 Å². The molecule has 1 aliphatic heterocycles. The lowest BCUT2D eigenvalue weighted by Crippen LogP contribution is -2.46. The van der Waals surface area contributed by atoms with E-state index in [4.69, 9.17) is 11.6 Å². The molecule has 0 bridgehead atoms. The standard InChI is InChI=1S/C17H20ClN3O3S/c1-2-20-11-14(10-19-20)16-12-25(23,24)8-7-21(16)17(22)9-13-5-3-4-6-15(13)18/h3-6,10-11,16H,2,7-9,12H2,1H3/t16-/m1/s1. The van der Waals surface area contributed by atoms with Crippen LogP contribution in [0, 0.1) is 0 Å². The smallest absolute Gasteiger partial charge is 0.227 e. The maximum atomic E-state index is 12.8. The molecule has 0 spiro atoms. The van der Waals surface area contributed by atoms with Crippen LogP contribution in [0.1, 0.15) is 24.1 Å². The molecule has 1 atom stereocenters. The number of nitrogens with zero attached hydrogens (tertiary/aromatic N) is 3. The number of hydrogen-bond donors (Lipinski definition) is 0. The Morgan fingerprint density at radius 1 is 1.36 bits per heavy atom. The third-order valence-corrected chi connectivity index (χ3v) is 6.41. The van der Waals surface area contributed by atoms with Crippen molar-refractivity contribution >= 4 is 27.3 Å². The first-order valence-corrected chi connectivity index (χ1v) is 10.3. The van der Waals surface area contributed by atoms with Gasteiger partial charge in [-0.1, -0.05) is 29.8 Å². The van der Waals surface area contributed by atoms with Crippen molar-refractivity contribution in [1.82, 2.24) is 14.7 Å². The Morgan fingerprint density at radius 3 is 2.80 bits per heavy atom. The molecule has 0 radical (unpaired) electrons. The lowest BCUT2D eigenvalue weighted by Gasteiger charge is -2.35. The number of halogens is 1. The van der Waals surface area contributed by atoms with E-state index in [1.165, 1.54) is 0 Å². The Morgan fingerprint density at radius 2 is 2.12 bits per heavy atom. The summed E-state index contributed by atoms with van der Waals surface area (Å²) in [6.07, 6.45) is 3.60. The van der Waals surface area contributed by atoms with E-state index >= 15 is 0 Å². The largest absolute Gasteiger partial charge is 0.333 e. The summed E-state index contributed by atoms with van der Waals surface area (Å²) in [7, 11) is -3.18. The zero-order chi connectivity index (χ0) is 18.0. The number of carbonyl (C=O) groups is 1. The molecule has 1 aromatic heterocycles. The van der Waals surface area contributed by atoms with E-state index in [-0.39, 0.29) is 30.4 Å². The van der Waals surface area contributed by atoms with E-state index in [2.05, 4.69) is 5.10 Å². The predicted octanol–water partition coefficient (Wildman–Crippen LogP) is 2.10. The molecule has 3 rings (SSSR count). The van der Waals surface area contributed by atoms with E-state index in [1.54, 1.807) is 28.0 Å². The van der Waals surface area contributed by atoms with E-state index in [0.717, 1.165) is 11.1 Å². The summed E-state index contributed by atoms with van der Waals surface area (Å²) in [5.74, 6) is -0.215. The van der Waals surface area contributed by atoms with E-state index in [1.807, 2.05) is 25.1 Å². The van der Waals surface area contributed by atoms with Gasteiger partial charge < -0.3 is 4.90 Å². The summed E-state index contributed by atoms with van der Waals surface area (Å²) in [4.78, 5) is 14.5. The van der Waals surface area contributed by atoms with Crippen LogP contribution in [0.5, 0.6) is 0 Å². The van der Waals surface area contributed by atoms with Gasteiger partial charge >= 0.3 is 0 Å². The van der Waals surface area contributed by atoms with Crippen LogP contribution in [-0.2, 0) is 27.6 Å². The van der Waals surface area contributed by atoms with Gasteiger partial charge in [0.25, 0.3) is 0 Å². The second-order valence-electron chi connectivity index (χ2n) is 6.11. The van der Waals surface area contributed by atoms with Gasteiger partial charge in [0.2, 0.25) is 5.91 Å². The Labute approximate surface area is 152 Å². The topological polar surface area (TPSA) is 72.3 Å². The molecule has 1 fully saturated rings. The molecule has 1 aliphatic rings. The molecule has 2 heterocycles. The first kappa shape index (κ1) is 17.9. The van der Waals surface area contributed by atoms with Crippen LogP contribution < -0.4 is 0 Å². The van der Waals surface area contributed by atoms with Crippen molar-refractivity contribution in [3.8, 4) is 0 Å². The molecular weight excluding hydrogens is 362 g/mol. The maximum Gasteiger partial charge on any atom is 0.227 e. The van der Waals surface area contributed by atoms with Gasteiger partial charge in [0.05, 0.1) is 30.2 Å². The van der Waals surface area contributed by atoms with Crippen molar-refractivity contribution in [1.29, 1.82) is 0 Å². The fourth-order valence-electron chi connectivity index (χ4n) is 3.01. The highest BCUT2D eigenvalue weighted by molar-refractivity contribution is 7.91. The molecule has 0 N–H and O–H groups in total. The first-order valence-electron chi connectivity index (χ1n) is 8.15. The lowest BCUT2D eigenvalue weighted by atomic mass is 10.1. The zero-order valence-electron chi connectivity index (χ0n) is 13.9. The minimum atomic E-state index is -3.18. The minimum Gasteiger partial charge on any atom is -0.333 e. The summed E-state index contributed by atoms with van der Waals surface area (Å²) in [5, 5.41) is 4.75. The third-order valence-electron chi connectivity index (χ3n) is 4.41. The van der Waals surface area contributed by atoms with E-state index in [9.17, 15) is 13.2 Å². The van der Waals surface area contributed by atoms with Crippen molar-refractivity contribution in [2.24, 2.45) is 0 Å². The Bertz CT molecular complexity index is 879. The monoisotopic (exact) mass is 381 g/mol. The number of rotatable bonds is 4. The highest BCUT2D eigenvalue weighted by Gasteiger charge is 2.35. The minimum absolute atomic E-state index is 0.0142. The molecule has 1 amide bonds. The van der Waals surface area contributed by atoms with Crippen LogP contribution in [0.3, 0.4) is 0 Å². The van der Waals surface area contributed by atoms with E-state index in [0.29, 0.717) is 11.6 Å². The lowest BCUT2D eigenvalue weighted by molar-refractivity contribution is -0.132. The zero-order valence-corrected chi connectivity index (χ0v) is 15.5. The Hall–Kier alpha value is -1.86. The average molecular weight is 382 g/mol. The molecular formula is C17H20ClN3O3S. The second-order valence-corrected chi connectivity index (χ2v) is 8.75. The Kier molecular flexibility index (Phi) is 5.15. The van der Waals surface area contributed by atoms with Crippen LogP contribution in [0.4, 0.5) is 0 Å². The summed E-state index contributed by atoms with van der Waals surface area (Å²) in [5.41, 5.74) is 1.49. The number of hydrogen-bond acceptors (Lipinski definition) is 4. The van der Waals surface area contributed by atoms with Gasteiger partial charge in [-0.2, -0.15) is 5.10 Å². The molecule has 0 unspecified atom stereocenters. The summed E-state index contributed by atoms with van der Waals surface area (Å²) in [6, 6.07) is 6.69. The number of amides is 1. The number of aryl methyl sites for hydroxylation is 1. The molecule has 1 aromatic carbocycles. The van der Waals surface area contributed by atoms with Crippen LogP contribution >= 0.6 is 11.6 Å². The molecule has 6 nitrogen and oxygen atoms in total. The number of sulfone groups is 1. The van der Waals surface area contributed by atoms with Crippen LogP contribution in [-0.4, -0.2) is 47.1 Å². The fraction of sp³-hybridized carbons (Fsp3) is 0.412. The van der Waals surface area contributed by atoms with Crippen molar-refractivity contribution in [3.05, 3.63) is 52.8 Å². The van der Waals surface area contributed by atoms with Crippen LogP contribution in [0.25, 0.3) is 0 Å². The highest BCUT2D eigenvalue weighted by atomic mass is 35.5. The summed E-state index contributed by atoms with van der Waals surface area (Å²) >= 11 is 6.15. The molecule has 25 heavy (non-hydrogen) atoms. The molecule has 1 saturated heterocycles. The number of benzene rings is 1. The fourth-order valence-corrected chi connectivity index (χ4v) is 4.71. The average Bonchev–Trinajstić information content (AvgIpc) is 3.05. The first-order chi connectivity index (χ1) is 11.9. The van der Waals surface area contributed by atoms with Crippen molar-refractivity contribution in [2.45, 2.75) is 25.9 Å². The third kappa shape index (κ3) is 4.04. The normalized spacial score (nSPS) is 19.8. The van der Waals surface area contributed by atoms with E-state index < -0.39 is 15.9 Å². The molecule has 8 heteroatoms. The highest BCUT2D eigenvalue weighted by Crippen LogP contribution is 2.28. The summed E-state index contributed by atoms with van der Waals surface area (Å²) < 4.78 is 25.9. The van der Waals surface area contributed by atoms with Crippen molar-refractivity contribution in [2.75, 3.05) is 18.1 Å². The van der Waals surface area contributed by atoms with Crippen LogP contribution in [0.15, 0.2) is 36.7 Å². The second kappa shape index (κ2) is 7.17. The SMILES string of the molecule is CCn1cc([C@H]2CS(=O)(=O)CCN2C(=O)Cc2ccccc2Cl)cn1. The van der Waals surface area contributed by atoms with Crippen molar-refractivity contribution < 1.29 is 13.2 Å². The van der Waals surface area contributed by atoms with Crippen LogP contribution in [0.2, 0.25) is 5.02 Å². The quantitative estimate of drug-likeness (QED) is 0.813.